The summed E-state index contributed by atoms with van der Waals surface area (Å²) in [6.45, 7) is -0.531. The number of aliphatic carboxylic acids is 1. The van der Waals surface area contributed by atoms with Crippen LogP contribution < -0.4 is 5.32 Å². The second kappa shape index (κ2) is 4.80. The van der Waals surface area contributed by atoms with E-state index in [9.17, 15) is 22.8 Å². The van der Waals surface area contributed by atoms with Gasteiger partial charge in [-0.05, 0) is 0 Å². The third kappa shape index (κ3) is 4.08. The smallest absolute Gasteiger partial charge is 0.471 e. The van der Waals surface area contributed by atoms with E-state index in [1.54, 1.807) is 0 Å². The summed E-state index contributed by atoms with van der Waals surface area (Å²) in [7, 11) is 1.11. The van der Waals surface area contributed by atoms with Crippen LogP contribution >= 0.6 is 0 Å². The second-order valence-corrected chi connectivity index (χ2v) is 2.32. The van der Waals surface area contributed by atoms with E-state index in [-0.39, 0.29) is 0 Å². The summed E-state index contributed by atoms with van der Waals surface area (Å²) in [5, 5.41) is 9.63. The van der Waals surface area contributed by atoms with Crippen molar-refractivity contribution < 1.29 is 32.6 Å². The van der Waals surface area contributed by atoms with Crippen LogP contribution in [0.25, 0.3) is 0 Å². The minimum Gasteiger partial charge on any atom is -0.480 e. The molecule has 0 radical (unpaired) electrons. The number of carboxylic acids is 1. The fourth-order valence-electron chi connectivity index (χ4n) is 0.581. The highest BCUT2D eigenvalue weighted by atomic mass is 19.4. The third-order valence-electron chi connectivity index (χ3n) is 1.19. The zero-order chi connectivity index (χ0) is 11.4. The molecule has 1 amide bonds. The summed E-state index contributed by atoms with van der Waals surface area (Å²) in [5.41, 5.74) is 0. The van der Waals surface area contributed by atoms with Gasteiger partial charge in [0.1, 0.15) is 0 Å². The normalized spacial score (nSPS) is 13.4. The van der Waals surface area contributed by atoms with Gasteiger partial charge in [-0.2, -0.15) is 13.2 Å². The summed E-state index contributed by atoms with van der Waals surface area (Å²) in [6, 6.07) is -1.70. The third-order valence-corrected chi connectivity index (χ3v) is 1.19. The molecule has 2 N–H and O–H groups in total. The van der Waals surface area contributed by atoms with Crippen molar-refractivity contribution in [3.8, 4) is 0 Å². The first kappa shape index (κ1) is 12.7. The molecule has 0 fully saturated rings. The molecule has 0 aliphatic heterocycles. The highest BCUT2D eigenvalue weighted by Crippen LogP contribution is 2.14. The summed E-state index contributed by atoms with van der Waals surface area (Å²) >= 11 is 0. The molecule has 0 bridgehead atoms. The van der Waals surface area contributed by atoms with Gasteiger partial charge in [0.25, 0.3) is 0 Å². The Kier molecular flexibility index (Phi) is 4.35. The van der Waals surface area contributed by atoms with Crippen LogP contribution in [0.2, 0.25) is 0 Å². The number of ether oxygens (including phenoxy) is 1. The van der Waals surface area contributed by atoms with Crippen molar-refractivity contribution in [2.75, 3.05) is 13.7 Å². The topological polar surface area (TPSA) is 75.6 Å². The molecule has 0 aromatic heterocycles. The quantitative estimate of drug-likeness (QED) is 0.678. The van der Waals surface area contributed by atoms with Crippen molar-refractivity contribution in [3.05, 3.63) is 0 Å². The van der Waals surface area contributed by atoms with Gasteiger partial charge in [-0.25, -0.2) is 4.79 Å². The average molecular weight is 215 g/mol. The molecule has 0 aromatic rings. The van der Waals surface area contributed by atoms with Crippen molar-refractivity contribution >= 4 is 11.9 Å². The van der Waals surface area contributed by atoms with Gasteiger partial charge in [0.15, 0.2) is 6.04 Å². The first-order valence-corrected chi connectivity index (χ1v) is 3.38. The van der Waals surface area contributed by atoms with E-state index < -0.39 is 30.7 Å². The lowest BCUT2D eigenvalue weighted by molar-refractivity contribution is -0.176. The second-order valence-electron chi connectivity index (χ2n) is 2.32. The maximum absolute atomic E-state index is 11.7. The number of methoxy groups -OCH3 is 1. The zero-order valence-electron chi connectivity index (χ0n) is 7.09. The van der Waals surface area contributed by atoms with Crippen LogP contribution in [0.15, 0.2) is 0 Å². The summed E-state index contributed by atoms with van der Waals surface area (Å²) in [6.07, 6.45) is -5.10. The van der Waals surface area contributed by atoms with Crippen LogP contribution in [0.3, 0.4) is 0 Å². The number of carbonyl (C=O) groups excluding carboxylic acids is 1. The Balaban J connectivity index is 4.31. The van der Waals surface area contributed by atoms with E-state index in [1.807, 2.05) is 0 Å². The fourth-order valence-corrected chi connectivity index (χ4v) is 0.581. The lowest BCUT2D eigenvalue weighted by atomic mass is 10.3. The van der Waals surface area contributed by atoms with Crippen molar-refractivity contribution in [2.45, 2.75) is 12.2 Å². The van der Waals surface area contributed by atoms with Crippen molar-refractivity contribution in [1.82, 2.24) is 5.32 Å². The minimum atomic E-state index is -5.10. The molecular weight excluding hydrogens is 207 g/mol. The number of rotatable bonds is 4. The summed E-state index contributed by atoms with van der Waals surface area (Å²) < 4.78 is 39.3. The Labute approximate surface area is 76.8 Å². The molecule has 0 aliphatic rings. The van der Waals surface area contributed by atoms with Gasteiger partial charge in [-0.1, -0.05) is 0 Å². The van der Waals surface area contributed by atoms with Crippen LogP contribution in [-0.4, -0.2) is 42.9 Å². The maximum Gasteiger partial charge on any atom is 0.471 e. The Morgan fingerprint density at radius 1 is 1.50 bits per heavy atom. The molecule has 0 spiro atoms. The van der Waals surface area contributed by atoms with Crippen LogP contribution in [-0.2, 0) is 14.3 Å². The van der Waals surface area contributed by atoms with Gasteiger partial charge in [0, 0.05) is 7.11 Å². The van der Waals surface area contributed by atoms with Gasteiger partial charge >= 0.3 is 18.1 Å². The minimum absolute atomic E-state index is 0.531. The maximum atomic E-state index is 11.7. The summed E-state index contributed by atoms with van der Waals surface area (Å²) in [5.74, 6) is -3.90. The fraction of sp³-hybridized carbons (Fsp3) is 0.667. The molecule has 0 rings (SSSR count). The number of carboxylic acid groups (broad SMARTS) is 1. The molecular formula is C6H8F3NO4. The molecule has 0 aromatic carbocycles. The molecule has 0 heterocycles. The monoisotopic (exact) mass is 215 g/mol. The molecule has 0 saturated heterocycles. The van der Waals surface area contributed by atoms with Crippen molar-refractivity contribution in [2.24, 2.45) is 0 Å². The predicted octanol–water partition coefficient (Wildman–Crippen LogP) is -0.236. The van der Waals surface area contributed by atoms with Crippen molar-refractivity contribution in [3.63, 3.8) is 0 Å². The van der Waals surface area contributed by atoms with Gasteiger partial charge in [-0.3, -0.25) is 4.79 Å². The van der Waals surface area contributed by atoms with Gasteiger partial charge < -0.3 is 15.2 Å². The Hall–Kier alpha value is -1.31. The lowest BCUT2D eigenvalue weighted by Crippen LogP contribution is -2.48. The first-order chi connectivity index (χ1) is 6.29. The largest absolute Gasteiger partial charge is 0.480 e. The lowest BCUT2D eigenvalue weighted by Gasteiger charge is -2.14. The van der Waals surface area contributed by atoms with Crippen LogP contribution in [0.1, 0.15) is 0 Å². The standard InChI is InChI=1S/C6H8F3NO4/c1-14-2-3(4(11)12)10-5(13)6(7,8)9/h3H,2H2,1H3,(H,10,13)(H,11,12). The molecule has 0 aliphatic carbocycles. The highest BCUT2D eigenvalue weighted by molar-refractivity contribution is 5.86. The number of amides is 1. The number of nitrogens with one attached hydrogen (secondary N) is 1. The number of alkyl halides is 3. The SMILES string of the molecule is COCC(NC(=O)C(F)(F)F)C(=O)O. The molecule has 14 heavy (non-hydrogen) atoms. The Bertz CT molecular complexity index is 228. The number of hydrogen-bond donors (Lipinski definition) is 2. The van der Waals surface area contributed by atoms with E-state index in [4.69, 9.17) is 5.11 Å². The average Bonchev–Trinajstić information content (AvgIpc) is 2.01. The summed E-state index contributed by atoms with van der Waals surface area (Å²) in [4.78, 5) is 20.6. The highest BCUT2D eigenvalue weighted by Gasteiger charge is 2.40. The Morgan fingerprint density at radius 2 is 2.00 bits per heavy atom. The number of halogens is 3. The predicted molar refractivity (Wildman–Crippen MR) is 37.5 cm³/mol. The van der Waals surface area contributed by atoms with Crippen molar-refractivity contribution in [1.29, 1.82) is 0 Å². The van der Waals surface area contributed by atoms with E-state index in [1.165, 1.54) is 5.32 Å². The van der Waals surface area contributed by atoms with Crippen LogP contribution in [0, 0.1) is 0 Å². The zero-order valence-corrected chi connectivity index (χ0v) is 7.09. The van der Waals surface area contributed by atoms with E-state index >= 15 is 0 Å². The number of hydrogen-bond acceptors (Lipinski definition) is 3. The van der Waals surface area contributed by atoms with Gasteiger partial charge in [0.2, 0.25) is 0 Å². The molecule has 8 heteroatoms. The van der Waals surface area contributed by atoms with E-state index in [2.05, 4.69) is 4.74 Å². The molecule has 82 valence electrons. The first-order valence-electron chi connectivity index (χ1n) is 3.38. The molecule has 0 saturated carbocycles. The molecule has 1 unspecified atom stereocenters. The van der Waals surface area contributed by atoms with E-state index in [0.717, 1.165) is 7.11 Å². The Morgan fingerprint density at radius 3 is 2.29 bits per heavy atom. The van der Waals surface area contributed by atoms with Crippen LogP contribution in [0.5, 0.6) is 0 Å². The van der Waals surface area contributed by atoms with Gasteiger partial charge in [-0.15, -0.1) is 0 Å². The van der Waals surface area contributed by atoms with Gasteiger partial charge in [0.05, 0.1) is 6.61 Å². The number of carbonyl (C=O) groups is 2. The van der Waals surface area contributed by atoms with E-state index in [0.29, 0.717) is 0 Å². The molecule has 5 nitrogen and oxygen atoms in total. The van der Waals surface area contributed by atoms with Crippen LogP contribution in [0.4, 0.5) is 13.2 Å². The molecule has 1 atom stereocenters.